The molecule has 0 atom stereocenters. The quantitative estimate of drug-likeness (QED) is 0.602. The number of aromatic amines is 1. The topological polar surface area (TPSA) is 88.3 Å². The SMILES string of the molecule is CC(=O)c1c(C)[nH]c(C(=O)OCC(=O)Nc2ccccc2Br)c1C. The van der Waals surface area contributed by atoms with E-state index in [2.05, 4.69) is 26.2 Å². The molecule has 0 saturated heterocycles. The van der Waals surface area contributed by atoms with Crippen LogP contribution in [-0.4, -0.2) is 29.3 Å². The average molecular weight is 393 g/mol. The molecular formula is C17H17BrN2O4. The number of esters is 1. The predicted molar refractivity (Wildman–Crippen MR) is 93.3 cm³/mol. The lowest BCUT2D eigenvalue weighted by molar-refractivity contribution is -0.119. The Balaban J connectivity index is 2.01. The number of hydrogen-bond donors (Lipinski definition) is 2. The standard InChI is InChI=1S/C17H17BrN2O4/c1-9-15(11(3)21)10(2)19-16(9)17(23)24-8-14(22)20-13-7-5-4-6-12(13)18/h4-7,19H,8H2,1-3H3,(H,20,22). The minimum atomic E-state index is -0.676. The van der Waals surface area contributed by atoms with Gasteiger partial charge in [0.05, 0.1) is 5.69 Å². The van der Waals surface area contributed by atoms with E-state index in [4.69, 9.17) is 4.74 Å². The molecule has 0 saturated carbocycles. The van der Waals surface area contributed by atoms with Crippen molar-refractivity contribution in [3.63, 3.8) is 0 Å². The highest BCUT2D eigenvalue weighted by molar-refractivity contribution is 9.10. The van der Waals surface area contributed by atoms with Gasteiger partial charge in [0.2, 0.25) is 0 Å². The zero-order chi connectivity index (χ0) is 17.9. The number of H-pyrrole nitrogens is 1. The van der Waals surface area contributed by atoms with Crippen molar-refractivity contribution in [1.82, 2.24) is 4.98 Å². The third-order valence-electron chi connectivity index (χ3n) is 3.48. The molecule has 0 aliphatic rings. The van der Waals surface area contributed by atoms with E-state index in [-0.39, 0.29) is 11.5 Å². The van der Waals surface area contributed by atoms with E-state index >= 15 is 0 Å². The van der Waals surface area contributed by atoms with Gasteiger partial charge in [-0.15, -0.1) is 0 Å². The highest BCUT2D eigenvalue weighted by atomic mass is 79.9. The number of ether oxygens (including phenoxy) is 1. The predicted octanol–water partition coefficient (Wildman–Crippen LogP) is 3.39. The van der Waals surface area contributed by atoms with Gasteiger partial charge in [0.15, 0.2) is 12.4 Å². The van der Waals surface area contributed by atoms with Crippen LogP contribution in [0.15, 0.2) is 28.7 Å². The first-order chi connectivity index (χ1) is 11.3. The highest BCUT2D eigenvalue weighted by Crippen LogP contribution is 2.21. The number of halogens is 1. The number of rotatable bonds is 5. The van der Waals surface area contributed by atoms with Gasteiger partial charge < -0.3 is 15.0 Å². The fraction of sp³-hybridized carbons (Fsp3) is 0.235. The second-order valence-electron chi connectivity index (χ2n) is 5.29. The summed E-state index contributed by atoms with van der Waals surface area (Å²) in [4.78, 5) is 38.4. The van der Waals surface area contributed by atoms with E-state index in [0.29, 0.717) is 22.5 Å². The lowest BCUT2D eigenvalue weighted by atomic mass is 10.1. The van der Waals surface area contributed by atoms with Crippen LogP contribution in [0.4, 0.5) is 5.69 Å². The summed E-state index contributed by atoms with van der Waals surface area (Å²) in [5.41, 5.74) is 2.37. The number of anilines is 1. The minimum absolute atomic E-state index is 0.132. The maximum atomic E-state index is 12.1. The van der Waals surface area contributed by atoms with Gasteiger partial charge in [-0.3, -0.25) is 9.59 Å². The molecule has 126 valence electrons. The van der Waals surface area contributed by atoms with E-state index in [1.165, 1.54) is 6.92 Å². The molecule has 1 aromatic heterocycles. The fourth-order valence-corrected chi connectivity index (χ4v) is 2.82. The summed E-state index contributed by atoms with van der Waals surface area (Å²) in [5.74, 6) is -1.26. The molecule has 0 radical (unpaired) electrons. The number of amides is 1. The Kier molecular flexibility index (Phi) is 5.56. The summed E-state index contributed by atoms with van der Waals surface area (Å²) in [6, 6.07) is 7.11. The molecule has 2 aromatic rings. The lowest BCUT2D eigenvalue weighted by Gasteiger charge is -2.08. The largest absolute Gasteiger partial charge is 0.451 e. The van der Waals surface area contributed by atoms with Gasteiger partial charge in [-0.25, -0.2) is 4.79 Å². The van der Waals surface area contributed by atoms with Crippen LogP contribution in [0.25, 0.3) is 0 Å². The maximum absolute atomic E-state index is 12.1. The maximum Gasteiger partial charge on any atom is 0.355 e. The zero-order valence-corrected chi connectivity index (χ0v) is 15.1. The van der Waals surface area contributed by atoms with E-state index in [1.807, 2.05) is 6.07 Å². The van der Waals surface area contributed by atoms with Crippen molar-refractivity contribution in [2.24, 2.45) is 0 Å². The molecule has 1 amide bonds. The first-order valence-corrected chi connectivity index (χ1v) is 8.02. The molecule has 0 unspecified atom stereocenters. The fourth-order valence-electron chi connectivity index (χ4n) is 2.43. The van der Waals surface area contributed by atoms with E-state index in [0.717, 1.165) is 4.47 Å². The second-order valence-corrected chi connectivity index (χ2v) is 6.14. The van der Waals surface area contributed by atoms with Crippen molar-refractivity contribution < 1.29 is 19.1 Å². The van der Waals surface area contributed by atoms with Crippen LogP contribution in [-0.2, 0) is 9.53 Å². The Morgan fingerprint density at radius 3 is 2.46 bits per heavy atom. The Morgan fingerprint density at radius 1 is 1.21 bits per heavy atom. The summed E-state index contributed by atoms with van der Waals surface area (Å²) in [6.45, 7) is 4.38. The van der Waals surface area contributed by atoms with Crippen molar-refractivity contribution >= 4 is 39.3 Å². The van der Waals surface area contributed by atoms with Crippen molar-refractivity contribution in [3.8, 4) is 0 Å². The summed E-state index contributed by atoms with van der Waals surface area (Å²) >= 11 is 3.32. The Morgan fingerprint density at radius 2 is 1.88 bits per heavy atom. The van der Waals surface area contributed by atoms with Crippen LogP contribution in [0, 0.1) is 13.8 Å². The first-order valence-electron chi connectivity index (χ1n) is 7.23. The first kappa shape index (κ1) is 17.9. The molecule has 0 aliphatic carbocycles. The number of ketones is 1. The summed E-state index contributed by atoms with van der Waals surface area (Å²) in [5, 5.41) is 2.64. The molecule has 0 fully saturated rings. The van der Waals surface area contributed by atoms with Gasteiger partial charge in [-0.2, -0.15) is 0 Å². The molecule has 0 bridgehead atoms. The summed E-state index contributed by atoms with van der Waals surface area (Å²) < 4.78 is 5.75. The van der Waals surface area contributed by atoms with Crippen molar-refractivity contribution in [2.75, 3.05) is 11.9 Å². The summed E-state index contributed by atoms with van der Waals surface area (Å²) in [6.07, 6.45) is 0. The zero-order valence-electron chi connectivity index (χ0n) is 13.5. The van der Waals surface area contributed by atoms with Gasteiger partial charge in [-0.1, -0.05) is 12.1 Å². The Labute approximate surface area is 147 Å². The van der Waals surface area contributed by atoms with Gasteiger partial charge in [0.25, 0.3) is 5.91 Å². The number of aryl methyl sites for hydroxylation is 1. The number of aromatic nitrogens is 1. The molecule has 1 aromatic carbocycles. The molecule has 7 heteroatoms. The summed E-state index contributed by atoms with van der Waals surface area (Å²) in [7, 11) is 0. The number of hydrogen-bond acceptors (Lipinski definition) is 4. The monoisotopic (exact) mass is 392 g/mol. The number of para-hydroxylation sites is 1. The molecule has 0 aliphatic heterocycles. The normalized spacial score (nSPS) is 10.3. The molecule has 24 heavy (non-hydrogen) atoms. The van der Waals surface area contributed by atoms with Gasteiger partial charge >= 0.3 is 5.97 Å². The van der Waals surface area contributed by atoms with Gasteiger partial charge in [0.1, 0.15) is 5.69 Å². The van der Waals surface area contributed by atoms with Crippen LogP contribution >= 0.6 is 15.9 Å². The molecule has 6 nitrogen and oxygen atoms in total. The lowest BCUT2D eigenvalue weighted by Crippen LogP contribution is -2.21. The third-order valence-corrected chi connectivity index (χ3v) is 4.17. The number of nitrogens with one attached hydrogen (secondary N) is 2. The van der Waals surface area contributed by atoms with Crippen molar-refractivity contribution in [1.29, 1.82) is 0 Å². The molecule has 2 N–H and O–H groups in total. The molecule has 0 spiro atoms. The Bertz CT molecular complexity index is 811. The molecule has 1 heterocycles. The van der Waals surface area contributed by atoms with Crippen LogP contribution in [0.3, 0.4) is 0 Å². The Hall–Kier alpha value is -2.41. The minimum Gasteiger partial charge on any atom is -0.451 e. The van der Waals surface area contributed by atoms with Crippen LogP contribution in [0.1, 0.15) is 39.0 Å². The van der Waals surface area contributed by atoms with E-state index < -0.39 is 18.5 Å². The molecular weight excluding hydrogens is 376 g/mol. The van der Waals surface area contributed by atoms with Gasteiger partial charge in [0, 0.05) is 15.7 Å². The van der Waals surface area contributed by atoms with Crippen molar-refractivity contribution in [3.05, 3.63) is 51.3 Å². The number of Topliss-reactive ketones (excluding diaryl/α,β-unsaturated/α-hetero) is 1. The average Bonchev–Trinajstić information content (AvgIpc) is 2.82. The smallest absolute Gasteiger partial charge is 0.355 e. The molecule has 2 rings (SSSR count). The highest BCUT2D eigenvalue weighted by Gasteiger charge is 2.21. The van der Waals surface area contributed by atoms with Gasteiger partial charge in [-0.05, 0) is 54.4 Å². The number of carbonyl (C=O) groups excluding carboxylic acids is 3. The van der Waals surface area contributed by atoms with E-state index in [9.17, 15) is 14.4 Å². The van der Waals surface area contributed by atoms with Crippen LogP contribution in [0.5, 0.6) is 0 Å². The van der Waals surface area contributed by atoms with Crippen LogP contribution in [0.2, 0.25) is 0 Å². The second kappa shape index (κ2) is 7.44. The van der Waals surface area contributed by atoms with E-state index in [1.54, 1.807) is 32.0 Å². The number of carbonyl (C=O) groups is 3. The third kappa shape index (κ3) is 3.91. The number of benzene rings is 1. The van der Waals surface area contributed by atoms with Crippen molar-refractivity contribution in [2.45, 2.75) is 20.8 Å². The van der Waals surface area contributed by atoms with Crippen LogP contribution < -0.4 is 5.32 Å².